The van der Waals surface area contributed by atoms with E-state index in [2.05, 4.69) is 0 Å². The maximum atomic E-state index is 11.5. The smallest absolute Gasteiger partial charge is 0.227 e. The van der Waals surface area contributed by atoms with Gasteiger partial charge in [-0.05, 0) is 23.8 Å². The van der Waals surface area contributed by atoms with Gasteiger partial charge in [-0.1, -0.05) is 30.3 Å². The molecule has 0 saturated heterocycles. The van der Waals surface area contributed by atoms with E-state index in [4.69, 9.17) is 4.74 Å². The molecule has 3 nitrogen and oxygen atoms in total. The molecule has 3 rings (SSSR count). The lowest BCUT2D eigenvalue weighted by Gasteiger charge is -2.07. The van der Waals surface area contributed by atoms with Crippen molar-refractivity contribution in [2.45, 2.75) is 13.5 Å². The average Bonchev–Trinajstić information content (AvgIpc) is 2.89. The molecular weight excluding hydrogens is 250 g/mol. The maximum Gasteiger partial charge on any atom is 0.227 e. The highest BCUT2D eigenvalue weighted by Crippen LogP contribution is 2.22. The van der Waals surface area contributed by atoms with Crippen LogP contribution < -0.4 is 4.74 Å². The summed E-state index contributed by atoms with van der Waals surface area (Å²) in [6.07, 6.45) is 1.79. The first-order valence-electron chi connectivity index (χ1n) is 6.53. The molecule has 3 aromatic rings. The molecule has 0 N–H and O–H groups in total. The highest BCUT2D eigenvalue weighted by molar-refractivity contribution is 5.92. The second kappa shape index (κ2) is 5.21. The third-order valence-electron chi connectivity index (χ3n) is 3.25. The lowest BCUT2D eigenvalue weighted by molar-refractivity contribution is 0.0941. The topological polar surface area (TPSA) is 31.2 Å². The van der Waals surface area contributed by atoms with Crippen molar-refractivity contribution >= 4 is 16.8 Å². The lowest BCUT2D eigenvalue weighted by atomic mass is 10.2. The number of hydrogen-bond donors (Lipinski definition) is 0. The van der Waals surface area contributed by atoms with E-state index in [9.17, 15) is 4.79 Å². The van der Waals surface area contributed by atoms with Crippen LogP contribution in [0.3, 0.4) is 0 Å². The Morgan fingerprint density at radius 1 is 1.10 bits per heavy atom. The summed E-state index contributed by atoms with van der Waals surface area (Å²) in [6, 6.07) is 17.7. The van der Waals surface area contributed by atoms with Crippen LogP contribution in [-0.4, -0.2) is 10.5 Å². The third-order valence-corrected chi connectivity index (χ3v) is 3.25. The van der Waals surface area contributed by atoms with Crippen molar-refractivity contribution in [2.75, 3.05) is 0 Å². The summed E-state index contributed by atoms with van der Waals surface area (Å²) in [5, 5.41) is 1.03. The molecule has 0 saturated carbocycles. The van der Waals surface area contributed by atoms with Crippen LogP contribution in [0.15, 0.2) is 60.8 Å². The molecule has 20 heavy (non-hydrogen) atoms. The highest BCUT2D eigenvalue weighted by atomic mass is 16.5. The summed E-state index contributed by atoms with van der Waals surface area (Å²) in [4.78, 5) is 11.5. The van der Waals surface area contributed by atoms with Crippen molar-refractivity contribution in [3.05, 3.63) is 66.4 Å². The molecule has 0 unspecified atom stereocenters. The molecule has 1 heterocycles. The van der Waals surface area contributed by atoms with Gasteiger partial charge in [0.05, 0.1) is 5.52 Å². The molecule has 0 bridgehead atoms. The summed E-state index contributed by atoms with van der Waals surface area (Å²) < 4.78 is 7.41. The number of fused-ring (bicyclic) bond motifs is 1. The molecule has 0 aliphatic rings. The quantitative estimate of drug-likeness (QED) is 0.719. The number of aromatic nitrogens is 1. The number of hydrogen-bond acceptors (Lipinski definition) is 2. The SMILES string of the molecule is CC(=O)n1ccc2ccc(OCc3ccccc3)cc21. The minimum Gasteiger partial charge on any atom is -0.489 e. The molecule has 0 spiro atoms. The zero-order valence-electron chi connectivity index (χ0n) is 11.2. The molecule has 0 amide bonds. The Bertz CT molecular complexity index is 744. The Morgan fingerprint density at radius 3 is 2.65 bits per heavy atom. The second-order valence-corrected chi connectivity index (χ2v) is 4.70. The van der Waals surface area contributed by atoms with Gasteiger partial charge in [-0.25, -0.2) is 0 Å². The van der Waals surface area contributed by atoms with Gasteiger partial charge in [0.15, 0.2) is 0 Å². The molecule has 0 aliphatic heterocycles. The van der Waals surface area contributed by atoms with Crippen molar-refractivity contribution in [1.82, 2.24) is 4.57 Å². The van der Waals surface area contributed by atoms with E-state index in [-0.39, 0.29) is 5.91 Å². The van der Waals surface area contributed by atoms with Crippen LogP contribution >= 0.6 is 0 Å². The van der Waals surface area contributed by atoms with Crippen molar-refractivity contribution in [3.8, 4) is 5.75 Å². The fourth-order valence-electron chi connectivity index (χ4n) is 2.21. The summed E-state index contributed by atoms with van der Waals surface area (Å²) in [5.74, 6) is 0.766. The molecule has 0 atom stereocenters. The van der Waals surface area contributed by atoms with Crippen LogP contribution in [-0.2, 0) is 6.61 Å². The number of rotatable bonds is 3. The third kappa shape index (κ3) is 2.43. The van der Waals surface area contributed by atoms with Gasteiger partial charge < -0.3 is 4.74 Å². The summed E-state index contributed by atoms with van der Waals surface area (Å²) in [6.45, 7) is 2.07. The zero-order chi connectivity index (χ0) is 13.9. The predicted molar refractivity (Wildman–Crippen MR) is 79.0 cm³/mol. The summed E-state index contributed by atoms with van der Waals surface area (Å²) in [7, 11) is 0. The largest absolute Gasteiger partial charge is 0.489 e. The molecule has 0 aliphatic carbocycles. The van der Waals surface area contributed by atoms with Gasteiger partial charge in [-0.3, -0.25) is 9.36 Å². The maximum absolute atomic E-state index is 11.5. The second-order valence-electron chi connectivity index (χ2n) is 4.70. The van der Waals surface area contributed by atoms with E-state index in [0.717, 1.165) is 22.2 Å². The number of benzene rings is 2. The average molecular weight is 265 g/mol. The molecule has 0 radical (unpaired) electrons. The normalized spacial score (nSPS) is 10.7. The van der Waals surface area contributed by atoms with Crippen molar-refractivity contribution in [1.29, 1.82) is 0 Å². The van der Waals surface area contributed by atoms with E-state index in [0.29, 0.717) is 6.61 Å². The Kier molecular flexibility index (Phi) is 3.25. The van der Waals surface area contributed by atoms with Crippen LogP contribution in [0, 0.1) is 0 Å². The van der Waals surface area contributed by atoms with E-state index in [1.54, 1.807) is 17.7 Å². The van der Waals surface area contributed by atoms with Crippen LogP contribution in [0.4, 0.5) is 0 Å². The minimum absolute atomic E-state index is 0.000194. The van der Waals surface area contributed by atoms with E-state index in [1.807, 2.05) is 54.6 Å². The monoisotopic (exact) mass is 265 g/mol. The number of ether oxygens (including phenoxy) is 1. The molecule has 3 heteroatoms. The van der Waals surface area contributed by atoms with Crippen LogP contribution in [0.5, 0.6) is 5.75 Å². The van der Waals surface area contributed by atoms with Gasteiger partial charge in [0, 0.05) is 24.6 Å². The Morgan fingerprint density at radius 2 is 1.90 bits per heavy atom. The van der Waals surface area contributed by atoms with Crippen molar-refractivity contribution < 1.29 is 9.53 Å². The van der Waals surface area contributed by atoms with Gasteiger partial charge in [0.25, 0.3) is 0 Å². The van der Waals surface area contributed by atoms with Crippen molar-refractivity contribution in [2.24, 2.45) is 0 Å². The van der Waals surface area contributed by atoms with Gasteiger partial charge in [-0.2, -0.15) is 0 Å². The van der Waals surface area contributed by atoms with E-state index < -0.39 is 0 Å². The standard InChI is InChI=1S/C17H15NO2/c1-13(19)18-10-9-15-7-8-16(11-17(15)18)20-12-14-5-3-2-4-6-14/h2-11H,12H2,1H3. The van der Waals surface area contributed by atoms with Gasteiger partial charge in [-0.15, -0.1) is 0 Å². The number of nitrogens with zero attached hydrogens (tertiary/aromatic N) is 1. The molecule has 0 fully saturated rings. The first-order chi connectivity index (χ1) is 9.74. The number of carbonyl (C=O) groups is 1. The predicted octanol–water partition coefficient (Wildman–Crippen LogP) is 3.88. The van der Waals surface area contributed by atoms with Crippen molar-refractivity contribution in [3.63, 3.8) is 0 Å². The Hall–Kier alpha value is -2.55. The first kappa shape index (κ1) is 12.5. The molecule has 100 valence electrons. The first-order valence-corrected chi connectivity index (χ1v) is 6.53. The van der Waals surface area contributed by atoms with Crippen LogP contribution in [0.2, 0.25) is 0 Å². The van der Waals surface area contributed by atoms with Crippen LogP contribution in [0.25, 0.3) is 10.9 Å². The molecule has 2 aromatic carbocycles. The Balaban J connectivity index is 1.85. The van der Waals surface area contributed by atoms with E-state index >= 15 is 0 Å². The lowest BCUT2D eigenvalue weighted by Crippen LogP contribution is -2.03. The minimum atomic E-state index is 0.000194. The molecule has 1 aromatic heterocycles. The molecular formula is C17H15NO2. The fraction of sp³-hybridized carbons (Fsp3) is 0.118. The summed E-state index contributed by atoms with van der Waals surface area (Å²) in [5.41, 5.74) is 2.00. The zero-order valence-corrected chi connectivity index (χ0v) is 11.2. The Labute approximate surface area is 117 Å². The van der Waals surface area contributed by atoms with Gasteiger partial charge in [0.1, 0.15) is 12.4 Å². The highest BCUT2D eigenvalue weighted by Gasteiger charge is 2.06. The van der Waals surface area contributed by atoms with E-state index in [1.165, 1.54) is 0 Å². The fourth-order valence-corrected chi connectivity index (χ4v) is 2.21. The summed E-state index contributed by atoms with van der Waals surface area (Å²) >= 11 is 0. The number of carbonyl (C=O) groups excluding carboxylic acids is 1. The van der Waals surface area contributed by atoms with Gasteiger partial charge in [0.2, 0.25) is 5.91 Å². The van der Waals surface area contributed by atoms with Crippen LogP contribution in [0.1, 0.15) is 17.3 Å². The van der Waals surface area contributed by atoms with Gasteiger partial charge >= 0.3 is 0 Å².